The summed E-state index contributed by atoms with van der Waals surface area (Å²) in [4.78, 5) is 34.3. The van der Waals surface area contributed by atoms with Crippen LogP contribution in [0, 0.1) is 5.82 Å². The molecule has 0 saturated heterocycles. The van der Waals surface area contributed by atoms with E-state index >= 15 is 0 Å². The predicted molar refractivity (Wildman–Crippen MR) is 89.4 cm³/mol. The molecule has 0 aliphatic heterocycles. The fourth-order valence-corrected chi connectivity index (χ4v) is 2.99. The molecule has 2 rings (SSSR count). The Morgan fingerprint density at radius 1 is 1.29 bits per heavy atom. The highest BCUT2D eigenvalue weighted by molar-refractivity contribution is 5.85. The Hall–Kier alpha value is -2.44. The molecule has 2 amide bonds. The van der Waals surface area contributed by atoms with E-state index < -0.39 is 11.7 Å². The van der Waals surface area contributed by atoms with Crippen molar-refractivity contribution in [2.75, 3.05) is 0 Å². The summed E-state index contributed by atoms with van der Waals surface area (Å²) in [5.41, 5.74) is 1.42. The summed E-state index contributed by atoms with van der Waals surface area (Å²) < 4.78 is 17.3. The number of hydrogen-bond donors (Lipinski definition) is 1. The van der Waals surface area contributed by atoms with Crippen LogP contribution in [-0.4, -0.2) is 21.5 Å². The second-order valence-corrected chi connectivity index (χ2v) is 6.27. The largest absolute Gasteiger partial charge is 0.329 e. The molecule has 2 aromatic rings. The van der Waals surface area contributed by atoms with Gasteiger partial charge in [0.05, 0.1) is 5.52 Å². The van der Waals surface area contributed by atoms with Crippen molar-refractivity contribution < 1.29 is 14.0 Å². The number of carbonyl (C=O) groups is 2. The summed E-state index contributed by atoms with van der Waals surface area (Å²) in [5, 5.41) is 2.06. The third kappa shape index (κ3) is 3.11. The van der Waals surface area contributed by atoms with Crippen molar-refractivity contribution in [3.8, 4) is 0 Å². The lowest BCUT2D eigenvalue weighted by atomic mass is 10.0. The molecule has 1 aromatic heterocycles. The van der Waals surface area contributed by atoms with Gasteiger partial charge in [-0.25, -0.2) is 9.18 Å². The molecule has 1 N–H and O–H groups in total. The molecule has 0 bridgehead atoms. The highest BCUT2D eigenvalue weighted by Gasteiger charge is 2.22. The molecule has 0 saturated carbocycles. The molecule has 0 spiro atoms. The Morgan fingerprint density at radius 3 is 2.54 bits per heavy atom. The molecule has 24 heavy (non-hydrogen) atoms. The van der Waals surface area contributed by atoms with Gasteiger partial charge in [0.15, 0.2) is 0 Å². The molecule has 1 aromatic carbocycles. The number of rotatable bonds is 6. The van der Waals surface area contributed by atoms with E-state index in [1.165, 1.54) is 15.2 Å². The van der Waals surface area contributed by atoms with Crippen LogP contribution in [0.25, 0.3) is 11.0 Å². The van der Waals surface area contributed by atoms with Gasteiger partial charge in [0.25, 0.3) is 0 Å². The molecule has 0 aliphatic rings. The summed E-state index contributed by atoms with van der Waals surface area (Å²) in [5.74, 6) is -0.743. The molecule has 1 atom stereocenters. The summed E-state index contributed by atoms with van der Waals surface area (Å²) in [6, 6.07) is 2.70. The summed E-state index contributed by atoms with van der Waals surface area (Å²) in [7, 11) is 1.62. The van der Waals surface area contributed by atoms with E-state index in [4.69, 9.17) is 0 Å². The molecule has 0 radical (unpaired) electrons. The zero-order valence-electron chi connectivity index (χ0n) is 14.3. The van der Waals surface area contributed by atoms with Crippen molar-refractivity contribution in [1.29, 1.82) is 0 Å². The maximum Gasteiger partial charge on any atom is 0.329 e. The van der Waals surface area contributed by atoms with E-state index in [-0.39, 0.29) is 29.6 Å². The molecule has 130 valence electrons. The Morgan fingerprint density at radius 2 is 1.96 bits per heavy atom. The van der Waals surface area contributed by atoms with E-state index in [1.807, 2.05) is 13.8 Å². The standard InChI is InChI=1S/C17H22FN3O3/c1-10(2)12-6-7-13(18)16-15(12)20(4)17(24)21(16)11(3)5-8-14(23)19-9-22/h6-7,9-11H,5,8H2,1-4H3,(H,19,22,23). The molecular weight excluding hydrogens is 313 g/mol. The number of carbonyl (C=O) groups excluding carboxylic acids is 2. The number of nitrogens with one attached hydrogen (secondary N) is 1. The number of imide groups is 1. The van der Waals surface area contributed by atoms with Gasteiger partial charge in [0.1, 0.15) is 11.3 Å². The Bertz CT molecular complexity index is 836. The van der Waals surface area contributed by atoms with Gasteiger partial charge >= 0.3 is 5.69 Å². The normalized spacial score (nSPS) is 12.6. The smallest absolute Gasteiger partial charge is 0.299 e. The average Bonchev–Trinajstić information content (AvgIpc) is 2.79. The van der Waals surface area contributed by atoms with Gasteiger partial charge in [-0.15, -0.1) is 0 Å². The lowest BCUT2D eigenvalue weighted by Crippen LogP contribution is -2.27. The Labute approximate surface area is 139 Å². The SMILES string of the molecule is CC(C)c1ccc(F)c2c1n(C)c(=O)n2C(C)CCC(=O)NC=O. The number of hydrogen-bond acceptors (Lipinski definition) is 3. The fraction of sp³-hybridized carbons (Fsp3) is 0.471. The van der Waals surface area contributed by atoms with Crippen LogP contribution in [0.15, 0.2) is 16.9 Å². The van der Waals surface area contributed by atoms with Crippen LogP contribution < -0.4 is 11.0 Å². The summed E-state index contributed by atoms with van der Waals surface area (Å²) in [6.07, 6.45) is 0.726. The minimum Gasteiger partial charge on any atom is -0.299 e. The number of imidazole rings is 1. The molecule has 0 fully saturated rings. The van der Waals surface area contributed by atoms with Crippen molar-refractivity contribution in [2.24, 2.45) is 7.05 Å². The highest BCUT2D eigenvalue weighted by atomic mass is 19.1. The lowest BCUT2D eigenvalue weighted by molar-refractivity contribution is -0.125. The van der Waals surface area contributed by atoms with Crippen LogP contribution in [0.3, 0.4) is 0 Å². The van der Waals surface area contributed by atoms with Gasteiger partial charge < -0.3 is 0 Å². The fourth-order valence-electron chi connectivity index (χ4n) is 2.99. The van der Waals surface area contributed by atoms with Gasteiger partial charge in [-0.2, -0.15) is 0 Å². The van der Waals surface area contributed by atoms with Crippen LogP contribution in [-0.2, 0) is 16.6 Å². The zero-order chi connectivity index (χ0) is 18.0. The van der Waals surface area contributed by atoms with Crippen molar-refractivity contribution in [2.45, 2.75) is 45.6 Å². The van der Waals surface area contributed by atoms with Crippen LogP contribution in [0.2, 0.25) is 0 Å². The van der Waals surface area contributed by atoms with E-state index in [0.29, 0.717) is 18.3 Å². The third-order valence-corrected chi connectivity index (χ3v) is 4.27. The van der Waals surface area contributed by atoms with Crippen LogP contribution in [0.4, 0.5) is 4.39 Å². The van der Waals surface area contributed by atoms with Crippen molar-refractivity contribution in [3.05, 3.63) is 34.0 Å². The van der Waals surface area contributed by atoms with Gasteiger partial charge in [-0.05, 0) is 30.9 Å². The molecular formula is C17H22FN3O3. The van der Waals surface area contributed by atoms with Crippen LogP contribution >= 0.6 is 0 Å². The van der Waals surface area contributed by atoms with Gasteiger partial charge in [-0.1, -0.05) is 19.9 Å². The number of aryl methyl sites for hydroxylation is 1. The maximum atomic E-state index is 14.5. The van der Waals surface area contributed by atoms with Crippen molar-refractivity contribution in [1.82, 2.24) is 14.5 Å². The maximum absolute atomic E-state index is 14.5. The molecule has 7 heteroatoms. The lowest BCUT2D eigenvalue weighted by Gasteiger charge is -2.14. The van der Waals surface area contributed by atoms with Gasteiger partial charge in [0.2, 0.25) is 12.3 Å². The summed E-state index contributed by atoms with van der Waals surface area (Å²) >= 11 is 0. The average molecular weight is 335 g/mol. The van der Waals surface area contributed by atoms with E-state index in [0.717, 1.165) is 5.56 Å². The van der Waals surface area contributed by atoms with E-state index in [1.54, 1.807) is 20.0 Å². The first-order valence-corrected chi connectivity index (χ1v) is 7.91. The van der Waals surface area contributed by atoms with Gasteiger partial charge in [-0.3, -0.25) is 24.0 Å². The minimum atomic E-state index is -0.462. The highest BCUT2D eigenvalue weighted by Crippen LogP contribution is 2.29. The summed E-state index contributed by atoms with van der Waals surface area (Å²) in [6.45, 7) is 5.74. The predicted octanol–water partition coefficient (Wildman–Crippen LogP) is 2.22. The van der Waals surface area contributed by atoms with E-state index in [2.05, 4.69) is 5.32 Å². The first-order valence-electron chi connectivity index (χ1n) is 7.91. The third-order valence-electron chi connectivity index (χ3n) is 4.27. The zero-order valence-corrected chi connectivity index (χ0v) is 14.3. The van der Waals surface area contributed by atoms with Crippen LogP contribution in [0.5, 0.6) is 0 Å². The number of nitrogens with zero attached hydrogens (tertiary/aromatic N) is 2. The Kier molecular flexibility index (Phi) is 5.21. The topological polar surface area (TPSA) is 73.1 Å². The van der Waals surface area contributed by atoms with Crippen molar-refractivity contribution >= 4 is 23.4 Å². The number of fused-ring (bicyclic) bond motifs is 1. The number of benzene rings is 1. The number of halogens is 1. The molecule has 6 nitrogen and oxygen atoms in total. The number of aromatic nitrogens is 2. The first kappa shape index (κ1) is 17.9. The second-order valence-electron chi connectivity index (χ2n) is 6.27. The minimum absolute atomic E-state index is 0.0776. The Balaban J connectivity index is 2.53. The van der Waals surface area contributed by atoms with E-state index in [9.17, 15) is 18.8 Å². The van der Waals surface area contributed by atoms with Crippen molar-refractivity contribution in [3.63, 3.8) is 0 Å². The monoisotopic (exact) mass is 335 g/mol. The molecule has 1 unspecified atom stereocenters. The van der Waals surface area contributed by atoms with Gasteiger partial charge in [0, 0.05) is 19.5 Å². The second kappa shape index (κ2) is 6.98. The van der Waals surface area contributed by atoms with Crippen LogP contribution in [0.1, 0.15) is 51.1 Å². The number of amides is 2. The molecule has 0 aliphatic carbocycles. The molecule has 1 heterocycles. The first-order chi connectivity index (χ1) is 11.3. The quantitative estimate of drug-likeness (QED) is 0.823.